The summed E-state index contributed by atoms with van der Waals surface area (Å²) in [5, 5.41) is 0. The summed E-state index contributed by atoms with van der Waals surface area (Å²) in [6.45, 7) is 11.2. The van der Waals surface area contributed by atoms with Gasteiger partial charge in [-0.15, -0.1) is 0 Å². The lowest BCUT2D eigenvalue weighted by molar-refractivity contribution is 0.624. The van der Waals surface area contributed by atoms with Crippen molar-refractivity contribution in [3.05, 3.63) is 95.9 Å². The van der Waals surface area contributed by atoms with Crippen molar-refractivity contribution < 1.29 is 4.39 Å². The van der Waals surface area contributed by atoms with Crippen molar-refractivity contribution in [2.75, 3.05) is 0 Å². The van der Waals surface area contributed by atoms with Crippen molar-refractivity contribution in [3.63, 3.8) is 0 Å². The summed E-state index contributed by atoms with van der Waals surface area (Å²) in [5.41, 5.74) is 3.34. The Labute approximate surface area is 127 Å². The minimum absolute atomic E-state index is 0.246. The first-order valence-corrected chi connectivity index (χ1v) is 6.85. The topological polar surface area (TPSA) is 0 Å². The largest absolute Gasteiger partial charge is 0.206 e. The zero-order valence-electron chi connectivity index (χ0n) is 12.6. The maximum Gasteiger partial charge on any atom is 0.131 e. The molecule has 1 aromatic carbocycles. The molecule has 0 heterocycles. The molecule has 0 aromatic heterocycles. The fraction of sp³-hybridized carbons (Fsp3) is 0.100. The number of halogens is 1. The maximum atomic E-state index is 14.0. The molecule has 0 saturated heterocycles. The molecule has 0 aliphatic rings. The molecule has 0 saturated carbocycles. The van der Waals surface area contributed by atoms with E-state index in [1.807, 2.05) is 56.4 Å². The molecule has 1 heteroatoms. The Bertz CT molecular complexity index is 625. The number of rotatable bonds is 6. The average Bonchev–Trinajstić information content (AvgIpc) is 2.49. The highest BCUT2D eigenvalue weighted by atomic mass is 19.1. The Kier molecular flexibility index (Phi) is 6.90. The normalized spacial score (nSPS) is 13.1. The quantitative estimate of drug-likeness (QED) is 0.551. The van der Waals surface area contributed by atoms with Gasteiger partial charge in [0, 0.05) is 5.56 Å². The van der Waals surface area contributed by atoms with Crippen LogP contribution in [0.25, 0.3) is 12.2 Å². The molecule has 0 amide bonds. The van der Waals surface area contributed by atoms with Gasteiger partial charge < -0.3 is 0 Å². The van der Waals surface area contributed by atoms with Gasteiger partial charge in [-0.1, -0.05) is 67.8 Å². The van der Waals surface area contributed by atoms with Crippen molar-refractivity contribution in [2.45, 2.75) is 13.8 Å². The van der Waals surface area contributed by atoms with Crippen molar-refractivity contribution in [2.24, 2.45) is 0 Å². The lowest BCUT2D eigenvalue weighted by atomic mass is 10.0. The Morgan fingerprint density at radius 3 is 2.52 bits per heavy atom. The average molecular weight is 280 g/mol. The number of benzene rings is 1. The highest BCUT2D eigenvalue weighted by Gasteiger charge is 2.02. The molecule has 0 nitrogen and oxygen atoms in total. The van der Waals surface area contributed by atoms with E-state index in [4.69, 9.17) is 0 Å². The van der Waals surface area contributed by atoms with E-state index in [0.717, 1.165) is 16.7 Å². The van der Waals surface area contributed by atoms with Gasteiger partial charge in [0.15, 0.2) is 0 Å². The molecule has 0 aliphatic carbocycles. The number of hydrogen-bond acceptors (Lipinski definition) is 0. The summed E-state index contributed by atoms with van der Waals surface area (Å²) in [6, 6.07) is 5.10. The zero-order valence-corrected chi connectivity index (χ0v) is 12.6. The fourth-order valence-electron chi connectivity index (χ4n) is 1.79. The van der Waals surface area contributed by atoms with Crippen LogP contribution < -0.4 is 0 Å². The van der Waals surface area contributed by atoms with E-state index in [1.165, 1.54) is 6.07 Å². The molecule has 0 bridgehead atoms. The van der Waals surface area contributed by atoms with Crippen LogP contribution in [0.5, 0.6) is 0 Å². The van der Waals surface area contributed by atoms with E-state index in [-0.39, 0.29) is 5.82 Å². The van der Waals surface area contributed by atoms with Crippen LogP contribution in [0, 0.1) is 5.82 Å². The Balaban J connectivity index is 3.18. The van der Waals surface area contributed by atoms with Crippen LogP contribution in [-0.2, 0) is 0 Å². The molecular weight excluding hydrogens is 259 g/mol. The molecule has 0 fully saturated rings. The molecule has 0 atom stereocenters. The van der Waals surface area contributed by atoms with Crippen LogP contribution in [0.1, 0.15) is 25.0 Å². The van der Waals surface area contributed by atoms with Crippen LogP contribution in [0.2, 0.25) is 0 Å². The highest BCUT2D eigenvalue weighted by Crippen LogP contribution is 2.19. The second-order valence-electron chi connectivity index (χ2n) is 4.56. The minimum atomic E-state index is -0.246. The summed E-state index contributed by atoms with van der Waals surface area (Å²) >= 11 is 0. The van der Waals surface area contributed by atoms with E-state index >= 15 is 0 Å². The van der Waals surface area contributed by atoms with Crippen molar-refractivity contribution >= 4 is 12.2 Å². The Morgan fingerprint density at radius 2 is 1.95 bits per heavy atom. The first-order valence-electron chi connectivity index (χ1n) is 6.85. The monoisotopic (exact) mass is 280 g/mol. The highest BCUT2D eigenvalue weighted by molar-refractivity contribution is 5.62. The molecule has 108 valence electrons. The molecule has 1 rings (SSSR count). The third-order valence-corrected chi connectivity index (χ3v) is 2.97. The molecule has 21 heavy (non-hydrogen) atoms. The number of hydrogen-bond donors (Lipinski definition) is 0. The minimum Gasteiger partial charge on any atom is -0.206 e. The molecule has 0 N–H and O–H groups in total. The fourth-order valence-corrected chi connectivity index (χ4v) is 1.79. The summed E-state index contributed by atoms with van der Waals surface area (Å²) in [5.74, 6) is -0.246. The predicted octanol–water partition coefficient (Wildman–Crippen LogP) is 6.12. The summed E-state index contributed by atoms with van der Waals surface area (Å²) in [4.78, 5) is 0. The van der Waals surface area contributed by atoms with Crippen LogP contribution in [0.3, 0.4) is 0 Å². The van der Waals surface area contributed by atoms with Gasteiger partial charge in [0.2, 0.25) is 0 Å². The van der Waals surface area contributed by atoms with Gasteiger partial charge in [0.25, 0.3) is 0 Å². The molecular formula is C20H21F. The van der Waals surface area contributed by atoms with Crippen LogP contribution in [-0.4, -0.2) is 0 Å². The van der Waals surface area contributed by atoms with Gasteiger partial charge in [-0.3, -0.25) is 0 Å². The lowest BCUT2D eigenvalue weighted by Crippen LogP contribution is -1.87. The van der Waals surface area contributed by atoms with Crippen LogP contribution in [0.15, 0.2) is 79.0 Å². The van der Waals surface area contributed by atoms with Gasteiger partial charge in [-0.2, -0.15) is 0 Å². The summed E-state index contributed by atoms with van der Waals surface area (Å²) in [6.07, 6.45) is 14.9. The van der Waals surface area contributed by atoms with Gasteiger partial charge in [0.05, 0.1) is 0 Å². The third-order valence-electron chi connectivity index (χ3n) is 2.97. The second kappa shape index (κ2) is 8.70. The van der Waals surface area contributed by atoms with Crippen molar-refractivity contribution in [3.8, 4) is 0 Å². The lowest BCUT2D eigenvalue weighted by Gasteiger charge is -2.04. The van der Waals surface area contributed by atoms with E-state index in [9.17, 15) is 4.39 Å². The SMILES string of the molecule is C=C\C=C/C(=C/C=C\C)C(/C)=C/c1ccc(C=C)cc1F. The van der Waals surface area contributed by atoms with Crippen LogP contribution in [0.4, 0.5) is 4.39 Å². The van der Waals surface area contributed by atoms with E-state index < -0.39 is 0 Å². The first kappa shape index (κ1) is 16.6. The smallest absolute Gasteiger partial charge is 0.131 e. The summed E-state index contributed by atoms with van der Waals surface area (Å²) in [7, 11) is 0. The van der Waals surface area contributed by atoms with Gasteiger partial charge in [-0.05, 0) is 42.7 Å². The van der Waals surface area contributed by atoms with Crippen molar-refractivity contribution in [1.82, 2.24) is 0 Å². The van der Waals surface area contributed by atoms with E-state index in [0.29, 0.717) is 5.56 Å². The van der Waals surface area contributed by atoms with Crippen molar-refractivity contribution in [1.29, 1.82) is 0 Å². The second-order valence-corrected chi connectivity index (χ2v) is 4.56. The molecule has 0 radical (unpaired) electrons. The Hall–Kier alpha value is -2.41. The summed E-state index contributed by atoms with van der Waals surface area (Å²) < 4.78 is 14.0. The zero-order chi connectivity index (χ0) is 15.7. The van der Waals surface area contributed by atoms with E-state index in [2.05, 4.69) is 13.2 Å². The first-order chi connectivity index (χ1) is 10.1. The third kappa shape index (κ3) is 5.23. The molecule has 0 aliphatic heterocycles. The molecule has 0 spiro atoms. The van der Waals surface area contributed by atoms with Gasteiger partial charge in [0.1, 0.15) is 5.82 Å². The standard InChI is InChI=1S/C20H21F/c1-5-8-10-18(11-9-6-2)16(4)14-19-13-12-17(7-3)15-20(19)21/h5-15H,1,3H2,2,4H3/b9-6-,10-8-,16-14+,18-11-. The molecule has 1 aromatic rings. The van der Waals surface area contributed by atoms with Gasteiger partial charge in [-0.25, -0.2) is 4.39 Å². The maximum absolute atomic E-state index is 14.0. The predicted molar refractivity (Wildman–Crippen MR) is 92.4 cm³/mol. The van der Waals surface area contributed by atoms with Crippen LogP contribution >= 0.6 is 0 Å². The molecule has 0 unspecified atom stereocenters. The Morgan fingerprint density at radius 1 is 1.19 bits per heavy atom. The number of allylic oxidation sites excluding steroid dienone is 8. The van der Waals surface area contributed by atoms with E-state index in [1.54, 1.807) is 18.2 Å². The van der Waals surface area contributed by atoms with Gasteiger partial charge >= 0.3 is 0 Å².